The van der Waals surface area contributed by atoms with E-state index in [1.54, 1.807) is 38.7 Å². The predicted octanol–water partition coefficient (Wildman–Crippen LogP) is 3.64. The van der Waals surface area contributed by atoms with Gasteiger partial charge in [-0.05, 0) is 61.7 Å². The molecule has 0 spiro atoms. The first-order valence-electron chi connectivity index (χ1n) is 7.82. The Hall–Kier alpha value is -1.63. The number of ether oxygens (including phenoxy) is 1. The molecule has 7 heteroatoms. The lowest BCUT2D eigenvalue weighted by Gasteiger charge is -2.24. The van der Waals surface area contributed by atoms with Gasteiger partial charge in [0.05, 0.1) is 5.56 Å². The van der Waals surface area contributed by atoms with Gasteiger partial charge in [-0.3, -0.25) is 4.79 Å². The molecule has 5 nitrogen and oxygen atoms in total. The van der Waals surface area contributed by atoms with Crippen LogP contribution in [0.25, 0.3) is 0 Å². The highest BCUT2D eigenvalue weighted by Gasteiger charge is 2.31. The number of nitrogens with one attached hydrogen (secondary N) is 1. The molecule has 1 atom stereocenters. The van der Waals surface area contributed by atoms with Crippen LogP contribution >= 0.6 is 15.9 Å². The monoisotopic (exact) mass is 400 g/mol. The third-order valence-electron chi connectivity index (χ3n) is 3.69. The van der Waals surface area contributed by atoms with Gasteiger partial charge in [-0.1, -0.05) is 6.07 Å². The van der Waals surface area contributed by atoms with Gasteiger partial charge in [0.2, 0.25) is 0 Å². The van der Waals surface area contributed by atoms with E-state index >= 15 is 0 Å². The van der Waals surface area contributed by atoms with E-state index in [9.17, 15) is 14.0 Å². The second-order valence-electron chi connectivity index (χ2n) is 6.94. The van der Waals surface area contributed by atoms with Crippen LogP contribution in [0.2, 0.25) is 0 Å². The van der Waals surface area contributed by atoms with Gasteiger partial charge in [0.15, 0.2) is 0 Å². The van der Waals surface area contributed by atoms with Crippen LogP contribution in [0, 0.1) is 12.7 Å². The molecule has 2 rings (SSSR count). The van der Waals surface area contributed by atoms with Gasteiger partial charge in [-0.2, -0.15) is 0 Å². The molecule has 1 aromatic carbocycles. The second-order valence-corrected chi connectivity index (χ2v) is 7.73. The molecule has 1 saturated heterocycles. The summed E-state index contributed by atoms with van der Waals surface area (Å²) in [6, 6.07) is 2.66. The predicted molar refractivity (Wildman–Crippen MR) is 92.5 cm³/mol. The minimum absolute atomic E-state index is 0.00859. The lowest BCUT2D eigenvalue weighted by Crippen LogP contribution is -2.40. The van der Waals surface area contributed by atoms with Crippen LogP contribution in [0.5, 0.6) is 0 Å². The summed E-state index contributed by atoms with van der Waals surface area (Å²) in [5, 5.41) is 2.79. The summed E-state index contributed by atoms with van der Waals surface area (Å²) in [7, 11) is 0. The summed E-state index contributed by atoms with van der Waals surface area (Å²) in [6.07, 6.45) is 0.206. The Morgan fingerprint density at radius 2 is 2.04 bits per heavy atom. The summed E-state index contributed by atoms with van der Waals surface area (Å²) in [4.78, 5) is 26.0. The largest absolute Gasteiger partial charge is 0.444 e. The third kappa shape index (κ3) is 4.47. The van der Waals surface area contributed by atoms with Crippen LogP contribution in [0.1, 0.15) is 43.1 Å². The van der Waals surface area contributed by atoms with Crippen molar-refractivity contribution < 1.29 is 18.7 Å². The van der Waals surface area contributed by atoms with E-state index in [-0.39, 0.29) is 11.6 Å². The second kappa shape index (κ2) is 7.09. The normalized spacial score (nSPS) is 17.8. The number of benzene rings is 1. The van der Waals surface area contributed by atoms with E-state index in [2.05, 4.69) is 21.2 Å². The number of aryl methyl sites for hydroxylation is 1. The first kappa shape index (κ1) is 18.7. The number of nitrogens with zero attached hydrogens (tertiary/aromatic N) is 1. The standard InChI is InChI=1S/C17H22BrFN2O3/c1-10-5-6-12(19)13(14(10)18)15(22)20-11-7-8-21(9-11)16(23)24-17(2,3)4/h5-6,11H,7-9H2,1-4H3,(H,20,22)/t11-/m1/s1. The molecule has 0 aliphatic carbocycles. The minimum Gasteiger partial charge on any atom is -0.444 e. The van der Waals surface area contributed by atoms with Crippen LogP contribution in [-0.4, -0.2) is 41.6 Å². The number of hydrogen-bond acceptors (Lipinski definition) is 3. The topological polar surface area (TPSA) is 58.6 Å². The highest BCUT2D eigenvalue weighted by atomic mass is 79.9. The van der Waals surface area contributed by atoms with Crippen molar-refractivity contribution >= 4 is 27.9 Å². The summed E-state index contributed by atoms with van der Waals surface area (Å²) < 4.78 is 19.7. The highest BCUT2D eigenvalue weighted by Crippen LogP contribution is 2.24. The molecule has 132 valence electrons. The SMILES string of the molecule is Cc1ccc(F)c(C(=O)N[C@@H]2CCN(C(=O)OC(C)(C)C)C2)c1Br. The zero-order valence-electron chi connectivity index (χ0n) is 14.3. The minimum atomic E-state index is -0.577. The van der Waals surface area contributed by atoms with Crippen molar-refractivity contribution in [2.24, 2.45) is 0 Å². The number of amides is 2. The molecule has 1 heterocycles. The van der Waals surface area contributed by atoms with E-state index in [4.69, 9.17) is 4.74 Å². The van der Waals surface area contributed by atoms with Gasteiger partial charge in [-0.15, -0.1) is 0 Å². The molecule has 0 bridgehead atoms. The maximum absolute atomic E-state index is 14.0. The number of hydrogen-bond donors (Lipinski definition) is 1. The summed E-state index contributed by atoms with van der Waals surface area (Å²) in [6.45, 7) is 8.05. The fourth-order valence-electron chi connectivity index (χ4n) is 2.49. The molecule has 1 aliphatic heterocycles. The van der Waals surface area contributed by atoms with Crippen molar-refractivity contribution in [1.29, 1.82) is 0 Å². The third-order valence-corrected chi connectivity index (χ3v) is 4.71. The van der Waals surface area contributed by atoms with Crippen molar-refractivity contribution in [3.63, 3.8) is 0 Å². The molecule has 1 N–H and O–H groups in total. The molecule has 24 heavy (non-hydrogen) atoms. The van der Waals surface area contributed by atoms with Crippen molar-refractivity contribution in [2.45, 2.75) is 45.8 Å². The Labute approximate surface area is 149 Å². The Kier molecular flexibility index (Phi) is 5.52. The fraction of sp³-hybridized carbons (Fsp3) is 0.529. The van der Waals surface area contributed by atoms with Gasteiger partial charge in [0.25, 0.3) is 5.91 Å². The number of likely N-dealkylation sites (tertiary alicyclic amines) is 1. The fourth-order valence-corrected chi connectivity index (χ4v) is 2.99. The lowest BCUT2D eigenvalue weighted by molar-refractivity contribution is 0.0290. The lowest BCUT2D eigenvalue weighted by atomic mass is 10.1. The molecule has 0 radical (unpaired) electrons. The van der Waals surface area contributed by atoms with Crippen molar-refractivity contribution in [2.75, 3.05) is 13.1 Å². The van der Waals surface area contributed by atoms with E-state index in [1.807, 2.05) is 0 Å². The van der Waals surface area contributed by atoms with Crippen LogP contribution in [0.15, 0.2) is 16.6 Å². The first-order chi connectivity index (χ1) is 11.1. The Morgan fingerprint density at radius 1 is 1.38 bits per heavy atom. The first-order valence-corrected chi connectivity index (χ1v) is 8.61. The van der Waals surface area contributed by atoms with E-state index in [0.29, 0.717) is 24.0 Å². The van der Waals surface area contributed by atoms with E-state index in [1.165, 1.54) is 6.07 Å². The van der Waals surface area contributed by atoms with Crippen molar-refractivity contribution in [3.05, 3.63) is 33.5 Å². The van der Waals surface area contributed by atoms with E-state index < -0.39 is 23.4 Å². The Balaban J connectivity index is 2.00. The van der Waals surface area contributed by atoms with E-state index in [0.717, 1.165) is 5.56 Å². The molecule has 2 amide bonds. The van der Waals surface area contributed by atoms with Gasteiger partial charge >= 0.3 is 6.09 Å². The van der Waals surface area contributed by atoms with Crippen molar-refractivity contribution in [3.8, 4) is 0 Å². The Bertz CT molecular complexity index is 658. The number of rotatable bonds is 2. The quantitative estimate of drug-likeness (QED) is 0.824. The molecule has 0 unspecified atom stereocenters. The molecule has 1 fully saturated rings. The number of carbonyl (C=O) groups is 2. The van der Waals surface area contributed by atoms with Gasteiger partial charge in [0, 0.05) is 23.6 Å². The van der Waals surface area contributed by atoms with Crippen molar-refractivity contribution in [1.82, 2.24) is 10.2 Å². The van der Waals surface area contributed by atoms with Gasteiger partial charge in [-0.25, -0.2) is 9.18 Å². The average Bonchev–Trinajstić information content (AvgIpc) is 2.90. The molecular formula is C17H22BrFN2O3. The number of carbonyl (C=O) groups excluding carboxylic acids is 2. The smallest absolute Gasteiger partial charge is 0.410 e. The van der Waals surface area contributed by atoms with Gasteiger partial charge < -0.3 is 15.0 Å². The molecular weight excluding hydrogens is 379 g/mol. The van der Waals surface area contributed by atoms with Crippen LogP contribution in [-0.2, 0) is 4.74 Å². The maximum atomic E-state index is 14.0. The molecule has 0 saturated carbocycles. The summed E-state index contributed by atoms with van der Waals surface area (Å²) in [5.41, 5.74) is 0.211. The summed E-state index contributed by atoms with van der Waals surface area (Å²) in [5.74, 6) is -1.06. The highest BCUT2D eigenvalue weighted by molar-refractivity contribution is 9.10. The Morgan fingerprint density at radius 3 is 2.67 bits per heavy atom. The molecule has 1 aliphatic rings. The zero-order valence-corrected chi connectivity index (χ0v) is 15.9. The maximum Gasteiger partial charge on any atom is 0.410 e. The van der Waals surface area contributed by atoms with Crippen LogP contribution in [0.4, 0.5) is 9.18 Å². The van der Waals surface area contributed by atoms with Crippen LogP contribution in [0.3, 0.4) is 0 Å². The van der Waals surface area contributed by atoms with Gasteiger partial charge in [0.1, 0.15) is 11.4 Å². The molecule has 0 aromatic heterocycles. The zero-order chi connectivity index (χ0) is 18.1. The number of halogens is 2. The summed E-state index contributed by atoms with van der Waals surface area (Å²) >= 11 is 3.26. The molecule has 1 aromatic rings. The average molecular weight is 401 g/mol. The van der Waals surface area contributed by atoms with Crippen LogP contribution < -0.4 is 5.32 Å².